The molecule has 1 unspecified atom stereocenters. The van der Waals surface area contributed by atoms with Crippen molar-refractivity contribution in [3.8, 4) is 0 Å². The summed E-state index contributed by atoms with van der Waals surface area (Å²) >= 11 is 0. The van der Waals surface area contributed by atoms with Crippen molar-refractivity contribution in [3.05, 3.63) is 11.3 Å². The van der Waals surface area contributed by atoms with Crippen molar-refractivity contribution in [2.75, 3.05) is 7.09 Å². The second kappa shape index (κ2) is 4.07. The van der Waals surface area contributed by atoms with Gasteiger partial charge in [0.2, 0.25) is 0 Å². The topological polar surface area (TPSA) is 99.4 Å². The summed E-state index contributed by atoms with van der Waals surface area (Å²) in [4.78, 5) is 0. The third kappa shape index (κ3) is 1.99. The van der Waals surface area contributed by atoms with Crippen molar-refractivity contribution in [2.24, 2.45) is 0 Å². The molecule has 0 aromatic rings. The Morgan fingerprint density at radius 2 is 2.07 bits per heavy atom. The molecule has 88 valence electrons. The van der Waals surface area contributed by atoms with E-state index in [9.17, 15) is 20.4 Å². The first-order valence-electron chi connectivity index (χ1n) is 5.10. The van der Waals surface area contributed by atoms with Gasteiger partial charge in [0.15, 0.2) is 6.10 Å². The maximum atomic E-state index is 9.62. The maximum absolute atomic E-state index is 9.62. The fourth-order valence-corrected chi connectivity index (χ4v) is 1.32. The lowest BCUT2D eigenvalue weighted by atomic mass is 10.1. The Morgan fingerprint density at radius 1 is 1.47 bits per heavy atom. The smallest absolute Gasteiger partial charge is 0.311 e. The molecule has 0 aromatic heterocycles. The molecule has 6 nitrogen and oxygen atoms in total. The van der Waals surface area contributed by atoms with Gasteiger partial charge in [0.1, 0.15) is 18.0 Å². The largest absolute Gasteiger partial charge is 0.510 e. The zero-order chi connectivity index (χ0) is 12.5. The molecule has 1 heterocycles. The minimum Gasteiger partial charge on any atom is -0.510 e. The van der Waals surface area contributed by atoms with Gasteiger partial charge in [0.25, 0.3) is 0 Å². The van der Waals surface area contributed by atoms with Gasteiger partial charge in [-0.3, -0.25) is 0 Å². The lowest BCUT2D eigenvalue weighted by Gasteiger charge is -2.23. The normalized spacial score (nSPS) is 41.4. The zero-order valence-corrected chi connectivity index (χ0v) is 8.54. The van der Waals surface area contributed by atoms with E-state index in [1.807, 2.05) is 0 Å². The van der Waals surface area contributed by atoms with Crippen LogP contribution in [-0.4, -0.2) is 51.8 Å². The summed E-state index contributed by atoms with van der Waals surface area (Å²) < 4.78 is 16.1. The van der Waals surface area contributed by atoms with Crippen LogP contribution < -0.4 is 0 Å². The van der Waals surface area contributed by atoms with Crippen molar-refractivity contribution < 1.29 is 31.3 Å². The molecule has 1 rings (SSSR count). The number of ether oxygens (including phenoxy) is 2. The van der Waals surface area contributed by atoms with Gasteiger partial charge < -0.3 is 29.9 Å². The highest BCUT2D eigenvalue weighted by Crippen LogP contribution is 2.33. The van der Waals surface area contributed by atoms with E-state index in [-0.39, 0.29) is 5.76 Å². The van der Waals surface area contributed by atoms with Crippen LogP contribution in [0.1, 0.15) is 15.2 Å². The molecule has 0 bridgehead atoms. The highest BCUT2D eigenvalue weighted by molar-refractivity contribution is 5.12. The van der Waals surface area contributed by atoms with Gasteiger partial charge in [-0.25, -0.2) is 0 Å². The molecule has 0 aromatic carbocycles. The second-order valence-electron chi connectivity index (χ2n) is 3.63. The first-order chi connectivity index (χ1) is 7.33. The van der Waals surface area contributed by atoms with Gasteiger partial charge >= 0.3 is 5.97 Å². The van der Waals surface area contributed by atoms with E-state index in [0.717, 1.165) is 0 Å². The Kier molecular flexibility index (Phi) is 2.94. The third-order valence-corrected chi connectivity index (χ3v) is 2.29. The molecule has 1 saturated heterocycles. The number of hydrogen-bond donors (Lipinski definition) is 4. The SMILES string of the molecule is [2H]COC1(O)O[C@H](C(O)=C(C)C)[C@@H](O)[C@H]1O. The summed E-state index contributed by atoms with van der Waals surface area (Å²) in [5.74, 6) is -2.74. The molecule has 4 atom stereocenters. The van der Waals surface area contributed by atoms with Crippen molar-refractivity contribution in [3.63, 3.8) is 0 Å². The van der Waals surface area contributed by atoms with Gasteiger partial charge in [-0.2, -0.15) is 0 Å². The maximum Gasteiger partial charge on any atom is 0.311 e. The number of aliphatic hydroxyl groups is 4. The van der Waals surface area contributed by atoms with E-state index in [2.05, 4.69) is 4.74 Å². The summed E-state index contributed by atoms with van der Waals surface area (Å²) in [5.41, 5.74) is 0.478. The Hall–Kier alpha value is -0.660. The number of allylic oxidation sites excluding steroid dienone is 1. The molecule has 0 radical (unpaired) electrons. The molecular weight excluding hydrogens is 204 g/mol. The molecule has 0 amide bonds. The average molecular weight is 221 g/mol. The van der Waals surface area contributed by atoms with Crippen LogP contribution in [0.3, 0.4) is 0 Å². The van der Waals surface area contributed by atoms with Crippen LogP contribution in [-0.2, 0) is 9.47 Å². The molecule has 0 aliphatic carbocycles. The number of methoxy groups -OCH3 is 1. The van der Waals surface area contributed by atoms with E-state index in [1.165, 1.54) is 0 Å². The Bertz CT molecular complexity index is 290. The summed E-state index contributed by atoms with van der Waals surface area (Å²) in [6.45, 7) is 3.17. The summed E-state index contributed by atoms with van der Waals surface area (Å²) in [7, 11) is -0.650. The molecule has 0 spiro atoms. The number of hydrogen-bond acceptors (Lipinski definition) is 6. The van der Waals surface area contributed by atoms with Crippen molar-refractivity contribution >= 4 is 0 Å². The third-order valence-electron chi connectivity index (χ3n) is 2.29. The van der Waals surface area contributed by atoms with Crippen LogP contribution in [0.15, 0.2) is 11.3 Å². The van der Waals surface area contributed by atoms with Crippen LogP contribution in [0.5, 0.6) is 0 Å². The highest BCUT2D eigenvalue weighted by atomic mass is 16.8. The quantitative estimate of drug-likeness (QED) is 0.362. The predicted octanol–water partition coefficient (Wildman–Crippen LogP) is -0.749. The molecule has 0 saturated carbocycles. The van der Waals surface area contributed by atoms with E-state index >= 15 is 0 Å². The standard InChI is InChI=1S/C9H16O6/c1-4(2)5(10)7-6(11)8(12)9(13,14-3)15-7/h6-8,10-13H,1-3H3/t6-,7-,8-,9?/m1/s1/i3D. The first kappa shape index (κ1) is 10.8. The zero-order valence-electron chi connectivity index (χ0n) is 9.54. The van der Waals surface area contributed by atoms with Crippen molar-refractivity contribution in [2.45, 2.75) is 38.1 Å². The van der Waals surface area contributed by atoms with E-state index in [4.69, 9.17) is 6.11 Å². The van der Waals surface area contributed by atoms with Crippen molar-refractivity contribution in [1.82, 2.24) is 0 Å². The van der Waals surface area contributed by atoms with Crippen LogP contribution in [0.25, 0.3) is 0 Å². The van der Waals surface area contributed by atoms with Gasteiger partial charge in [0.05, 0.1) is 1.37 Å². The molecule has 4 N–H and O–H groups in total. The molecule has 1 fully saturated rings. The van der Waals surface area contributed by atoms with Gasteiger partial charge in [0, 0.05) is 7.09 Å². The number of aliphatic hydroxyl groups excluding tert-OH is 3. The Morgan fingerprint density at radius 3 is 2.53 bits per heavy atom. The van der Waals surface area contributed by atoms with Crippen LogP contribution in [0.4, 0.5) is 0 Å². The molecule has 6 heteroatoms. The summed E-state index contributed by atoms with van der Waals surface area (Å²) in [6.07, 6.45) is -4.53. The second-order valence-corrected chi connectivity index (χ2v) is 3.63. The minimum atomic E-state index is -2.46. The highest BCUT2D eigenvalue weighted by Gasteiger charge is 2.55. The lowest BCUT2D eigenvalue weighted by molar-refractivity contribution is -0.365. The molecule has 1 aliphatic heterocycles. The number of rotatable bonds is 2. The van der Waals surface area contributed by atoms with Gasteiger partial charge in [-0.05, 0) is 19.4 Å². The van der Waals surface area contributed by atoms with Crippen LogP contribution in [0, 0.1) is 0 Å². The Labute approximate surface area is 88.8 Å². The monoisotopic (exact) mass is 221 g/mol. The predicted molar refractivity (Wildman–Crippen MR) is 49.8 cm³/mol. The van der Waals surface area contributed by atoms with E-state index in [0.29, 0.717) is 5.57 Å². The molecule has 15 heavy (non-hydrogen) atoms. The van der Waals surface area contributed by atoms with Crippen LogP contribution >= 0.6 is 0 Å². The summed E-state index contributed by atoms with van der Waals surface area (Å²) in [6, 6.07) is 0. The molecule has 1 aliphatic rings. The first-order valence-corrected chi connectivity index (χ1v) is 4.39. The lowest BCUT2D eigenvalue weighted by Crippen LogP contribution is -2.44. The van der Waals surface area contributed by atoms with E-state index in [1.54, 1.807) is 13.8 Å². The summed E-state index contributed by atoms with van der Waals surface area (Å²) in [5, 5.41) is 38.3. The fraction of sp³-hybridized carbons (Fsp3) is 0.778. The van der Waals surface area contributed by atoms with E-state index < -0.39 is 31.4 Å². The fourth-order valence-electron chi connectivity index (χ4n) is 1.32. The molecular formula is C9H16O6. The van der Waals surface area contributed by atoms with Crippen molar-refractivity contribution in [1.29, 1.82) is 0 Å². The van der Waals surface area contributed by atoms with Crippen LogP contribution in [0.2, 0.25) is 0 Å². The Balaban J connectivity index is 2.92. The minimum absolute atomic E-state index is 0.281. The van der Waals surface area contributed by atoms with Gasteiger partial charge in [-0.15, -0.1) is 0 Å². The average Bonchev–Trinajstić information content (AvgIpc) is 2.43. The van der Waals surface area contributed by atoms with Gasteiger partial charge in [-0.1, -0.05) is 0 Å².